The van der Waals surface area contributed by atoms with E-state index in [4.69, 9.17) is 0 Å². The van der Waals surface area contributed by atoms with Gasteiger partial charge >= 0.3 is 12.0 Å². The van der Waals surface area contributed by atoms with Gasteiger partial charge in [-0.2, -0.15) is 0 Å². The van der Waals surface area contributed by atoms with Crippen LogP contribution in [0.15, 0.2) is 42.9 Å². The van der Waals surface area contributed by atoms with E-state index in [0.717, 1.165) is 22.1 Å². The van der Waals surface area contributed by atoms with Gasteiger partial charge in [0.2, 0.25) is 0 Å². The molecule has 0 spiro atoms. The molecule has 3 aromatic rings. The fourth-order valence-electron chi connectivity index (χ4n) is 1.88. The number of esters is 1. The Labute approximate surface area is 124 Å². The van der Waals surface area contributed by atoms with Crippen LogP contribution in [0.5, 0.6) is 0 Å². The Morgan fingerprint density at radius 3 is 2.52 bits per heavy atom. The van der Waals surface area contributed by atoms with Crippen molar-refractivity contribution < 1.29 is 14.3 Å². The number of fused-ring (bicyclic) bond motifs is 1. The van der Waals surface area contributed by atoms with E-state index in [1.54, 1.807) is 12.4 Å². The molecule has 0 unspecified atom stereocenters. The first-order chi connectivity index (χ1) is 10.2. The van der Waals surface area contributed by atoms with Crippen LogP contribution in [0.2, 0.25) is 0 Å². The normalized spacial score (nSPS) is 10.5. The van der Waals surface area contributed by atoms with Gasteiger partial charge < -0.3 is 4.74 Å². The summed E-state index contributed by atoms with van der Waals surface area (Å²) in [6.45, 7) is 0. The van der Waals surface area contributed by atoms with Crippen LogP contribution < -0.4 is 5.32 Å². The maximum absolute atomic E-state index is 12.1. The molecule has 2 aromatic heterocycles. The number of nitrogens with zero attached hydrogens (tertiary/aromatic N) is 2. The average Bonchev–Trinajstić information content (AvgIpc) is 3.12. The van der Waals surface area contributed by atoms with Crippen LogP contribution in [0.1, 0.15) is 9.67 Å². The Bertz CT molecular complexity index is 789. The highest BCUT2D eigenvalue weighted by molar-refractivity contribution is 7.17. The number of carbonyl (C=O) groups is 2. The van der Waals surface area contributed by atoms with E-state index in [1.165, 1.54) is 17.9 Å². The van der Waals surface area contributed by atoms with Gasteiger partial charge in [0.05, 0.1) is 13.3 Å². The summed E-state index contributed by atoms with van der Waals surface area (Å²) in [7, 11) is 1.30. The third-order valence-corrected chi connectivity index (χ3v) is 3.79. The number of amides is 1. The van der Waals surface area contributed by atoms with Crippen LogP contribution in [-0.2, 0) is 4.74 Å². The summed E-state index contributed by atoms with van der Waals surface area (Å²) in [6.07, 6.45) is 4.84. The summed E-state index contributed by atoms with van der Waals surface area (Å²) in [5.74, 6) is -0.472. The number of rotatable bonds is 2. The molecule has 0 fully saturated rings. The van der Waals surface area contributed by atoms with Crippen molar-refractivity contribution in [2.45, 2.75) is 0 Å². The van der Waals surface area contributed by atoms with Gasteiger partial charge in [0, 0.05) is 12.4 Å². The predicted octanol–water partition coefficient (Wildman–Crippen LogP) is 2.96. The molecule has 0 bridgehead atoms. The van der Waals surface area contributed by atoms with Crippen molar-refractivity contribution in [3.8, 4) is 0 Å². The Kier molecular flexibility index (Phi) is 3.41. The highest BCUT2D eigenvalue weighted by Gasteiger charge is 2.13. The molecule has 1 N–H and O–H groups in total. The van der Waals surface area contributed by atoms with Gasteiger partial charge in [-0.05, 0) is 10.8 Å². The van der Waals surface area contributed by atoms with Crippen molar-refractivity contribution in [2.24, 2.45) is 0 Å². The van der Waals surface area contributed by atoms with E-state index < -0.39 is 5.97 Å². The molecular weight excluding hydrogens is 290 g/mol. The number of carbonyl (C=O) groups excluding carboxylic acids is 2. The van der Waals surface area contributed by atoms with E-state index in [1.807, 2.05) is 24.3 Å². The molecule has 0 atom stereocenters. The van der Waals surface area contributed by atoms with E-state index >= 15 is 0 Å². The molecule has 0 aliphatic heterocycles. The lowest BCUT2D eigenvalue weighted by Crippen LogP contribution is -2.17. The van der Waals surface area contributed by atoms with Gasteiger partial charge in [0.1, 0.15) is 4.88 Å². The lowest BCUT2D eigenvalue weighted by molar-refractivity contribution is 0.0606. The summed E-state index contributed by atoms with van der Waals surface area (Å²) in [5.41, 5.74) is 0. The van der Waals surface area contributed by atoms with Crippen LogP contribution in [0.3, 0.4) is 0 Å². The summed E-state index contributed by atoms with van der Waals surface area (Å²) < 4.78 is 6.04. The standard InChI is InChI=1S/C14H11N3O3S/c1-20-12(18)11-6-15-13(21-11)16-14(19)17-7-9-4-2-3-5-10(9)8-17/h2-8H,1H3,(H,15,16,19). The minimum atomic E-state index is -0.472. The van der Waals surface area contributed by atoms with Crippen LogP contribution in [-0.4, -0.2) is 28.7 Å². The number of anilines is 1. The Morgan fingerprint density at radius 2 is 1.90 bits per heavy atom. The van der Waals surface area contributed by atoms with Crippen molar-refractivity contribution in [3.05, 3.63) is 47.7 Å². The molecular formula is C14H11N3O3S. The number of hydrogen-bond donors (Lipinski definition) is 1. The molecule has 0 radical (unpaired) electrons. The molecule has 1 amide bonds. The van der Waals surface area contributed by atoms with Gasteiger partial charge in [-0.15, -0.1) is 0 Å². The van der Waals surface area contributed by atoms with E-state index in [0.29, 0.717) is 10.0 Å². The molecule has 106 valence electrons. The average molecular weight is 301 g/mol. The first kappa shape index (κ1) is 13.3. The monoisotopic (exact) mass is 301 g/mol. The van der Waals surface area contributed by atoms with Crippen molar-refractivity contribution in [2.75, 3.05) is 12.4 Å². The zero-order valence-electron chi connectivity index (χ0n) is 11.1. The third kappa shape index (κ3) is 2.63. The summed E-state index contributed by atoms with van der Waals surface area (Å²) in [4.78, 5) is 27.8. The summed E-state index contributed by atoms with van der Waals surface area (Å²) in [6, 6.07) is 7.34. The second-order valence-corrected chi connectivity index (χ2v) is 5.28. The number of hydrogen-bond acceptors (Lipinski definition) is 5. The van der Waals surface area contributed by atoms with Crippen LogP contribution >= 0.6 is 11.3 Å². The van der Waals surface area contributed by atoms with Crippen molar-refractivity contribution in [1.82, 2.24) is 9.55 Å². The largest absolute Gasteiger partial charge is 0.465 e. The molecule has 1 aromatic carbocycles. The number of nitrogens with one attached hydrogen (secondary N) is 1. The smallest absolute Gasteiger partial charge is 0.349 e. The third-order valence-electron chi connectivity index (χ3n) is 2.89. The first-order valence-corrected chi connectivity index (χ1v) is 6.91. The van der Waals surface area contributed by atoms with Crippen LogP contribution in [0, 0.1) is 0 Å². The molecule has 0 aliphatic carbocycles. The molecule has 2 heterocycles. The number of benzene rings is 1. The second-order valence-electron chi connectivity index (χ2n) is 4.25. The maximum atomic E-state index is 12.1. The number of aromatic nitrogens is 2. The van der Waals surface area contributed by atoms with Crippen molar-refractivity contribution in [1.29, 1.82) is 0 Å². The van der Waals surface area contributed by atoms with Crippen LogP contribution in [0.4, 0.5) is 9.93 Å². The van der Waals surface area contributed by atoms with Crippen LogP contribution in [0.25, 0.3) is 10.8 Å². The highest BCUT2D eigenvalue weighted by atomic mass is 32.1. The molecule has 0 aliphatic rings. The van der Waals surface area contributed by atoms with E-state index in [-0.39, 0.29) is 6.03 Å². The topological polar surface area (TPSA) is 73.2 Å². The Hall–Kier alpha value is -2.67. The minimum Gasteiger partial charge on any atom is -0.465 e. The van der Waals surface area contributed by atoms with E-state index in [9.17, 15) is 9.59 Å². The van der Waals surface area contributed by atoms with Gasteiger partial charge in [-0.25, -0.2) is 14.6 Å². The van der Waals surface area contributed by atoms with Gasteiger partial charge in [-0.3, -0.25) is 9.88 Å². The summed E-state index contributed by atoms with van der Waals surface area (Å²) in [5, 5.41) is 4.94. The molecule has 0 saturated carbocycles. The fraction of sp³-hybridized carbons (Fsp3) is 0.0714. The lowest BCUT2D eigenvalue weighted by Gasteiger charge is -2.01. The molecule has 0 saturated heterocycles. The highest BCUT2D eigenvalue weighted by Crippen LogP contribution is 2.20. The number of thiazole rings is 1. The molecule has 6 nitrogen and oxygen atoms in total. The fourth-order valence-corrected chi connectivity index (χ4v) is 2.61. The lowest BCUT2D eigenvalue weighted by atomic mass is 10.2. The zero-order chi connectivity index (χ0) is 14.8. The Balaban J connectivity index is 1.79. The van der Waals surface area contributed by atoms with Crippen molar-refractivity contribution in [3.63, 3.8) is 0 Å². The van der Waals surface area contributed by atoms with Gasteiger partial charge in [-0.1, -0.05) is 35.6 Å². The quantitative estimate of drug-likeness (QED) is 0.739. The van der Waals surface area contributed by atoms with Gasteiger partial charge in [0.15, 0.2) is 5.13 Å². The first-order valence-electron chi connectivity index (χ1n) is 6.09. The predicted molar refractivity (Wildman–Crippen MR) is 79.8 cm³/mol. The number of methoxy groups -OCH3 is 1. The maximum Gasteiger partial charge on any atom is 0.349 e. The van der Waals surface area contributed by atoms with Crippen molar-refractivity contribution >= 4 is 39.2 Å². The zero-order valence-corrected chi connectivity index (χ0v) is 11.9. The minimum absolute atomic E-state index is 0.336. The SMILES string of the molecule is COC(=O)c1cnc(NC(=O)n2cc3ccccc3c2)s1. The van der Waals surface area contributed by atoms with Gasteiger partial charge in [0.25, 0.3) is 0 Å². The molecule has 7 heteroatoms. The molecule has 21 heavy (non-hydrogen) atoms. The second kappa shape index (κ2) is 5.37. The summed E-state index contributed by atoms with van der Waals surface area (Å²) >= 11 is 1.06. The van der Waals surface area contributed by atoms with E-state index in [2.05, 4.69) is 15.0 Å². The molecule has 3 rings (SSSR count). The Morgan fingerprint density at radius 1 is 1.24 bits per heavy atom. The number of ether oxygens (including phenoxy) is 1.